The van der Waals surface area contributed by atoms with Crippen molar-refractivity contribution in [3.05, 3.63) is 65.3 Å². The van der Waals surface area contributed by atoms with E-state index in [2.05, 4.69) is 15.0 Å². The third-order valence-electron chi connectivity index (χ3n) is 6.19. The number of anilines is 1. The van der Waals surface area contributed by atoms with Gasteiger partial charge in [-0.3, -0.25) is 9.52 Å². The van der Waals surface area contributed by atoms with Crippen LogP contribution in [0.4, 0.5) is 5.69 Å². The van der Waals surface area contributed by atoms with Crippen molar-refractivity contribution in [2.75, 3.05) is 24.4 Å². The van der Waals surface area contributed by atoms with Crippen LogP contribution in [0.5, 0.6) is 0 Å². The van der Waals surface area contributed by atoms with Crippen LogP contribution in [0.25, 0.3) is 10.2 Å². The number of aromatic nitrogens is 1. The van der Waals surface area contributed by atoms with Gasteiger partial charge in [-0.15, -0.1) is 11.3 Å². The predicted octanol–water partition coefficient (Wildman–Crippen LogP) is 3.60. The van der Waals surface area contributed by atoms with E-state index >= 15 is 0 Å². The SMILES string of the molecule is CCN/C=C(\C=N)CC1(O)CCN(C(=O)c2ccc(NS(=O)(=O)c3cccc4scnc34)cc2)CC1. The van der Waals surface area contributed by atoms with Crippen molar-refractivity contribution in [1.29, 1.82) is 5.41 Å². The summed E-state index contributed by atoms with van der Waals surface area (Å²) in [6, 6.07) is 11.3. The normalized spacial score (nSPS) is 16.1. The Morgan fingerprint density at radius 1 is 1.22 bits per heavy atom. The van der Waals surface area contributed by atoms with E-state index in [4.69, 9.17) is 5.41 Å². The van der Waals surface area contributed by atoms with Crippen LogP contribution >= 0.6 is 11.3 Å². The highest BCUT2D eigenvalue weighted by atomic mass is 32.2. The van der Waals surface area contributed by atoms with Crippen molar-refractivity contribution in [2.45, 2.75) is 36.7 Å². The summed E-state index contributed by atoms with van der Waals surface area (Å²) in [5.41, 5.74) is 2.58. The average Bonchev–Trinajstić information content (AvgIpc) is 3.36. The molecule has 0 bridgehead atoms. The van der Waals surface area contributed by atoms with Gasteiger partial charge in [-0.2, -0.15) is 0 Å². The van der Waals surface area contributed by atoms with E-state index in [0.29, 0.717) is 54.7 Å². The number of para-hydroxylation sites is 1. The fraction of sp³-hybridized carbons (Fsp3) is 0.320. The molecule has 4 rings (SSSR count). The van der Waals surface area contributed by atoms with Crippen LogP contribution in [0.2, 0.25) is 0 Å². The number of amides is 1. The van der Waals surface area contributed by atoms with Gasteiger partial charge in [0.2, 0.25) is 0 Å². The van der Waals surface area contributed by atoms with Gasteiger partial charge in [0.1, 0.15) is 10.4 Å². The summed E-state index contributed by atoms with van der Waals surface area (Å²) < 4.78 is 29.2. The number of nitrogens with one attached hydrogen (secondary N) is 3. The second-order valence-corrected chi connectivity index (χ2v) is 11.3. The van der Waals surface area contributed by atoms with Gasteiger partial charge in [-0.1, -0.05) is 6.07 Å². The van der Waals surface area contributed by atoms with Crippen molar-refractivity contribution in [1.82, 2.24) is 15.2 Å². The van der Waals surface area contributed by atoms with Gasteiger partial charge in [0.05, 0.1) is 15.8 Å². The Morgan fingerprint density at radius 2 is 1.94 bits per heavy atom. The lowest BCUT2D eigenvalue weighted by molar-refractivity contribution is -0.0152. The summed E-state index contributed by atoms with van der Waals surface area (Å²) in [5, 5.41) is 21.6. The molecule has 0 saturated carbocycles. The van der Waals surface area contributed by atoms with E-state index in [9.17, 15) is 18.3 Å². The van der Waals surface area contributed by atoms with Crippen LogP contribution in [0.15, 0.2) is 64.6 Å². The number of hydrogen-bond donors (Lipinski definition) is 4. The molecule has 1 amide bonds. The molecule has 36 heavy (non-hydrogen) atoms. The summed E-state index contributed by atoms with van der Waals surface area (Å²) in [7, 11) is -3.85. The Morgan fingerprint density at radius 3 is 2.61 bits per heavy atom. The van der Waals surface area contributed by atoms with Crippen LogP contribution in [-0.2, 0) is 10.0 Å². The zero-order chi connectivity index (χ0) is 25.8. The number of sulfonamides is 1. The van der Waals surface area contributed by atoms with E-state index < -0.39 is 15.6 Å². The fourth-order valence-electron chi connectivity index (χ4n) is 4.21. The number of likely N-dealkylation sites (tertiary alicyclic amines) is 1. The van der Waals surface area contributed by atoms with Gasteiger partial charge in [-0.25, -0.2) is 13.4 Å². The maximum Gasteiger partial charge on any atom is 0.264 e. The van der Waals surface area contributed by atoms with E-state index in [1.54, 1.807) is 46.9 Å². The van der Waals surface area contributed by atoms with Crippen molar-refractivity contribution >= 4 is 49.4 Å². The number of aliphatic hydroxyl groups is 1. The molecular formula is C25H29N5O4S2. The number of benzene rings is 2. The summed E-state index contributed by atoms with van der Waals surface area (Å²) in [6.07, 6.45) is 4.17. The molecular weight excluding hydrogens is 498 g/mol. The largest absolute Gasteiger partial charge is 0.391 e. The minimum atomic E-state index is -3.85. The quantitative estimate of drug-likeness (QED) is 0.314. The number of rotatable bonds is 9. The number of thiazole rings is 1. The molecule has 0 unspecified atom stereocenters. The topological polar surface area (TPSA) is 135 Å². The van der Waals surface area contributed by atoms with Gasteiger partial charge >= 0.3 is 0 Å². The highest BCUT2D eigenvalue weighted by Gasteiger charge is 2.34. The molecule has 11 heteroatoms. The van der Waals surface area contributed by atoms with E-state index in [-0.39, 0.29) is 10.8 Å². The first kappa shape index (κ1) is 25.8. The number of hydrogen-bond acceptors (Lipinski definition) is 8. The average molecular weight is 528 g/mol. The van der Waals surface area contributed by atoms with Crippen molar-refractivity contribution in [3.63, 3.8) is 0 Å². The summed E-state index contributed by atoms with van der Waals surface area (Å²) in [5.74, 6) is -0.172. The Bertz CT molecular complexity index is 1370. The third kappa shape index (κ3) is 5.75. The number of nitrogens with zero attached hydrogens (tertiary/aromatic N) is 2. The van der Waals surface area contributed by atoms with Crippen molar-refractivity contribution in [2.24, 2.45) is 0 Å². The minimum absolute atomic E-state index is 0.105. The molecule has 3 aromatic rings. The molecule has 9 nitrogen and oxygen atoms in total. The summed E-state index contributed by atoms with van der Waals surface area (Å²) in [4.78, 5) is 19.0. The highest BCUT2D eigenvalue weighted by Crippen LogP contribution is 2.30. The molecule has 1 aliphatic heterocycles. The summed E-state index contributed by atoms with van der Waals surface area (Å²) in [6.45, 7) is 3.49. The van der Waals surface area contributed by atoms with Gasteiger partial charge in [0.15, 0.2) is 0 Å². The van der Waals surface area contributed by atoms with Gasteiger partial charge in [0, 0.05) is 49.7 Å². The molecule has 0 spiro atoms. The van der Waals surface area contributed by atoms with E-state index in [0.717, 1.165) is 11.2 Å². The van der Waals surface area contributed by atoms with Crippen LogP contribution in [0.1, 0.15) is 36.5 Å². The standard InChI is InChI=1S/C25H29N5O4S2/c1-2-27-16-18(15-26)14-25(32)10-12-30(13-11-25)24(31)19-6-8-20(9-7-19)29-36(33,34)22-5-3-4-21-23(22)28-17-35-21/h3-9,15-17,26-27,29,32H,2,10-14H2,1H3/b18-16-,26-15?. The minimum Gasteiger partial charge on any atom is -0.391 e. The molecule has 190 valence electrons. The maximum absolute atomic E-state index is 13.0. The molecule has 0 radical (unpaired) electrons. The predicted molar refractivity (Wildman–Crippen MR) is 142 cm³/mol. The molecule has 1 aromatic heterocycles. The first-order valence-corrected chi connectivity index (χ1v) is 14.0. The second-order valence-electron chi connectivity index (χ2n) is 8.75. The first-order valence-electron chi connectivity index (χ1n) is 11.6. The monoisotopic (exact) mass is 527 g/mol. The maximum atomic E-state index is 13.0. The Balaban J connectivity index is 1.39. The van der Waals surface area contributed by atoms with Gasteiger partial charge in [-0.05, 0) is 61.7 Å². The smallest absolute Gasteiger partial charge is 0.264 e. The molecule has 0 aliphatic carbocycles. The Kier molecular flexibility index (Phi) is 7.72. The van der Waals surface area contributed by atoms with Crippen LogP contribution in [0.3, 0.4) is 0 Å². The van der Waals surface area contributed by atoms with E-state index in [1.807, 2.05) is 13.0 Å². The fourth-order valence-corrected chi connectivity index (χ4v) is 6.21. The lowest BCUT2D eigenvalue weighted by Gasteiger charge is -2.38. The summed E-state index contributed by atoms with van der Waals surface area (Å²) >= 11 is 1.37. The third-order valence-corrected chi connectivity index (χ3v) is 8.40. The second kappa shape index (κ2) is 10.8. The molecule has 1 aliphatic rings. The molecule has 1 fully saturated rings. The molecule has 2 aromatic carbocycles. The molecule has 2 heterocycles. The van der Waals surface area contributed by atoms with Crippen molar-refractivity contribution in [3.8, 4) is 0 Å². The zero-order valence-electron chi connectivity index (χ0n) is 19.9. The lowest BCUT2D eigenvalue weighted by Crippen LogP contribution is -2.47. The Labute approximate surface area is 214 Å². The molecule has 4 N–H and O–H groups in total. The highest BCUT2D eigenvalue weighted by molar-refractivity contribution is 7.93. The number of fused-ring (bicyclic) bond motifs is 1. The van der Waals surface area contributed by atoms with Crippen LogP contribution in [0, 0.1) is 5.41 Å². The number of carbonyl (C=O) groups excluding carboxylic acids is 1. The van der Waals surface area contributed by atoms with Crippen LogP contribution < -0.4 is 10.0 Å². The zero-order valence-corrected chi connectivity index (χ0v) is 21.5. The van der Waals surface area contributed by atoms with Crippen LogP contribution in [-0.4, -0.2) is 60.8 Å². The van der Waals surface area contributed by atoms with Gasteiger partial charge in [0.25, 0.3) is 15.9 Å². The first-order chi connectivity index (χ1) is 17.2. The Hall–Kier alpha value is -3.28. The number of piperidine rings is 1. The van der Waals surface area contributed by atoms with E-state index in [1.165, 1.54) is 23.6 Å². The van der Waals surface area contributed by atoms with Gasteiger partial charge < -0.3 is 20.7 Å². The van der Waals surface area contributed by atoms with Crippen molar-refractivity contribution < 1.29 is 18.3 Å². The molecule has 1 saturated heterocycles. The lowest BCUT2D eigenvalue weighted by atomic mass is 9.85. The number of carbonyl (C=O) groups is 1. The molecule has 0 atom stereocenters.